The molecule has 2 atom stereocenters. The second kappa shape index (κ2) is 5.18. The van der Waals surface area contributed by atoms with Gasteiger partial charge in [-0.2, -0.15) is 5.10 Å². The molecule has 1 heterocycles. The number of hydrogen-bond donors (Lipinski definition) is 4. The topological polar surface area (TPSA) is 104 Å². The molecule has 1 fully saturated rings. The van der Waals surface area contributed by atoms with Gasteiger partial charge in [0.05, 0.1) is 6.10 Å². The van der Waals surface area contributed by atoms with E-state index in [1.807, 2.05) is 0 Å². The number of nitrogens with one attached hydrogen (secondary N) is 2. The number of carbonyl (C=O) groups is 1. The van der Waals surface area contributed by atoms with Gasteiger partial charge in [0, 0.05) is 12.6 Å². The minimum atomic E-state index is -0.214. The van der Waals surface area contributed by atoms with Gasteiger partial charge in [-0.1, -0.05) is 6.42 Å². The summed E-state index contributed by atoms with van der Waals surface area (Å²) in [6.45, 7) is 0.592. The molecule has 17 heavy (non-hydrogen) atoms. The number of nitrogen functional groups attached to an aromatic ring is 1. The van der Waals surface area contributed by atoms with Gasteiger partial charge in [0.25, 0.3) is 5.91 Å². The van der Waals surface area contributed by atoms with Crippen LogP contribution in [0.5, 0.6) is 0 Å². The molecule has 1 saturated carbocycles. The van der Waals surface area contributed by atoms with Gasteiger partial charge < -0.3 is 16.2 Å². The number of aliphatic hydroxyl groups is 1. The molecule has 0 radical (unpaired) electrons. The molecular formula is C11H18N4O2. The van der Waals surface area contributed by atoms with Crippen molar-refractivity contribution in [3.8, 4) is 0 Å². The molecule has 6 heteroatoms. The fourth-order valence-electron chi connectivity index (χ4n) is 2.23. The van der Waals surface area contributed by atoms with Gasteiger partial charge in [-0.25, -0.2) is 0 Å². The van der Waals surface area contributed by atoms with Gasteiger partial charge in [-0.15, -0.1) is 0 Å². The van der Waals surface area contributed by atoms with E-state index in [1.165, 1.54) is 6.07 Å². The number of amides is 1. The first-order valence-corrected chi connectivity index (χ1v) is 5.92. The molecule has 0 aliphatic heterocycles. The van der Waals surface area contributed by atoms with Gasteiger partial charge in [-0.05, 0) is 25.2 Å². The quantitative estimate of drug-likeness (QED) is 0.606. The van der Waals surface area contributed by atoms with Crippen LogP contribution < -0.4 is 11.1 Å². The summed E-state index contributed by atoms with van der Waals surface area (Å²) in [6.07, 6.45) is 3.52. The molecular weight excluding hydrogens is 220 g/mol. The standard InChI is InChI=1S/C11H18N4O2/c12-10-5-9(14-15-10)11(17)13-6-7-2-1-3-8(16)4-7/h5,7-8,16H,1-4,6H2,(H,13,17)(H3,12,14,15). The van der Waals surface area contributed by atoms with E-state index in [0.717, 1.165) is 25.7 Å². The average molecular weight is 238 g/mol. The maximum atomic E-state index is 11.7. The van der Waals surface area contributed by atoms with Crippen molar-refractivity contribution in [1.29, 1.82) is 0 Å². The van der Waals surface area contributed by atoms with Crippen LogP contribution in [-0.2, 0) is 0 Å². The van der Waals surface area contributed by atoms with E-state index in [1.54, 1.807) is 0 Å². The Morgan fingerprint density at radius 1 is 1.65 bits per heavy atom. The first kappa shape index (κ1) is 11.9. The van der Waals surface area contributed by atoms with Gasteiger partial charge >= 0.3 is 0 Å². The summed E-state index contributed by atoms with van der Waals surface area (Å²) in [5.74, 6) is 0.473. The third-order valence-electron chi connectivity index (χ3n) is 3.15. The van der Waals surface area contributed by atoms with Crippen molar-refractivity contribution in [2.24, 2.45) is 5.92 Å². The Kier molecular flexibility index (Phi) is 3.63. The van der Waals surface area contributed by atoms with E-state index in [2.05, 4.69) is 15.5 Å². The lowest BCUT2D eigenvalue weighted by molar-refractivity contribution is 0.0870. The molecule has 2 rings (SSSR count). The van der Waals surface area contributed by atoms with Gasteiger partial charge in [0.2, 0.25) is 0 Å². The van der Waals surface area contributed by atoms with E-state index in [9.17, 15) is 9.90 Å². The molecule has 1 amide bonds. The molecule has 94 valence electrons. The number of nitrogens with zero attached hydrogens (tertiary/aromatic N) is 1. The number of H-pyrrole nitrogens is 1. The van der Waals surface area contributed by atoms with Crippen LogP contribution in [-0.4, -0.2) is 33.9 Å². The van der Waals surface area contributed by atoms with Crippen LogP contribution in [0.25, 0.3) is 0 Å². The summed E-state index contributed by atoms with van der Waals surface area (Å²) in [5, 5.41) is 18.6. The Labute approximate surface area is 99.6 Å². The highest BCUT2D eigenvalue weighted by Crippen LogP contribution is 2.23. The summed E-state index contributed by atoms with van der Waals surface area (Å²) in [7, 11) is 0. The smallest absolute Gasteiger partial charge is 0.269 e. The summed E-state index contributed by atoms with van der Waals surface area (Å²) >= 11 is 0. The average Bonchev–Trinajstić information content (AvgIpc) is 2.73. The highest BCUT2D eigenvalue weighted by atomic mass is 16.3. The number of carbonyl (C=O) groups excluding carboxylic acids is 1. The largest absolute Gasteiger partial charge is 0.393 e. The van der Waals surface area contributed by atoms with Crippen molar-refractivity contribution in [3.63, 3.8) is 0 Å². The zero-order chi connectivity index (χ0) is 12.3. The summed E-state index contributed by atoms with van der Waals surface area (Å²) in [5.41, 5.74) is 5.79. The summed E-state index contributed by atoms with van der Waals surface area (Å²) < 4.78 is 0. The van der Waals surface area contributed by atoms with Gasteiger partial charge in [0.1, 0.15) is 11.5 Å². The molecule has 5 N–H and O–H groups in total. The monoisotopic (exact) mass is 238 g/mol. The fourth-order valence-corrected chi connectivity index (χ4v) is 2.23. The third kappa shape index (κ3) is 3.20. The Hall–Kier alpha value is -1.56. The van der Waals surface area contributed by atoms with Gasteiger partial charge in [-0.3, -0.25) is 9.89 Å². The minimum Gasteiger partial charge on any atom is -0.393 e. The summed E-state index contributed by atoms with van der Waals surface area (Å²) in [4.78, 5) is 11.7. The predicted octanol–water partition coefficient (Wildman–Crippen LogP) is 0.273. The lowest BCUT2D eigenvalue weighted by atomic mass is 9.87. The molecule has 2 unspecified atom stereocenters. The number of aromatic nitrogens is 2. The van der Waals surface area contributed by atoms with E-state index >= 15 is 0 Å². The number of rotatable bonds is 3. The molecule has 0 spiro atoms. The molecule has 1 aliphatic carbocycles. The number of aliphatic hydroxyl groups excluding tert-OH is 1. The Morgan fingerprint density at radius 2 is 2.47 bits per heavy atom. The van der Waals surface area contributed by atoms with E-state index < -0.39 is 0 Å². The van der Waals surface area contributed by atoms with Crippen molar-refractivity contribution >= 4 is 11.7 Å². The van der Waals surface area contributed by atoms with Crippen LogP contribution in [0.3, 0.4) is 0 Å². The van der Waals surface area contributed by atoms with E-state index in [-0.39, 0.29) is 12.0 Å². The second-order valence-electron chi connectivity index (χ2n) is 4.60. The van der Waals surface area contributed by atoms with Crippen LogP contribution in [0, 0.1) is 5.92 Å². The zero-order valence-electron chi connectivity index (χ0n) is 9.65. The molecule has 0 bridgehead atoms. The Bertz CT molecular complexity index is 391. The van der Waals surface area contributed by atoms with E-state index in [0.29, 0.717) is 24.0 Å². The maximum Gasteiger partial charge on any atom is 0.269 e. The molecule has 0 saturated heterocycles. The van der Waals surface area contributed by atoms with Crippen molar-refractivity contribution < 1.29 is 9.90 Å². The molecule has 1 aliphatic rings. The fraction of sp³-hybridized carbons (Fsp3) is 0.636. The number of anilines is 1. The van der Waals surface area contributed by atoms with Crippen molar-refractivity contribution in [2.75, 3.05) is 12.3 Å². The lowest BCUT2D eigenvalue weighted by Crippen LogP contribution is -2.33. The zero-order valence-corrected chi connectivity index (χ0v) is 9.65. The second-order valence-corrected chi connectivity index (χ2v) is 4.60. The SMILES string of the molecule is Nc1cc(C(=O)NCC2CCCC(O)C2)[nH]n1. The first-order chi connectivity index (χ1) is 8.15. The molecule has 1 aromatic heterocycles. The highest BCUT2D eigenvalue weighted by molar-refractivity contribution is 5.92. The van der Waals surface area contributed by atoms with Gasteiger partial charge in [0.15, 0.2) is 0 Å². The van der Waals surface area contributed by atoms with Crippen molar-refractivity contribution in [1.82, 2.24) is 15.5 Å². The molecule has 0 aromatic carbocycles. The third-order valence-corrected chi connectivity index (χ3v) is 3.15. The number of aromatic amines is 1. The number of nitrogens with two attached hydrogens (primary N) is 1. The highest BCUT2D eigenvalue weighted by Gasteiger charge is 2.20. The predicted molar refractivity (Wildman–Crippen MR) is 63.3 cm³/mol. The van der Waals surface area contributed by atoms with Crippen LogP contribution in [0.1, 0.15) is 36.2 Å². The summed E-state index contributed by atoms with van der Waals surface area (Å²) in [6, 6.07) is 1.51. The normalized spacial score (nSPS) is 24.5. The number of hydrogen-bond acceptors (Lipinski definition) is 4. The van der Waals surface area contributed by atoms with Crippen molar-refractivity contribution in [2.45, 2.75) is 31.8 Å². The van der Waals surface area contributed by atoms with Crippen LogP contribution in [0.2, 0.25) is 0 Å². The van der Waals surface area contributed by atoms with Crippen molar-refractivity contribution in [3.05, 3.63) is 11.8 Å². The maximum absolute atomic E-state index is 11.7. The van der Waals surface area contributed by atoms with Crippen LogP contribution in [0.15, 0.2) is 6.07 Å². The lowest BCUT2D eigenvalue weighted by Gasteiger charge is -2.25. The minimum absolute atomic E-state index is 0.200. The molecule has 1 aromatic rings. The Balaban J connectivity index is 1.80. The van der Waals surface area contributed by atoms with Crippen LogP contribution in [0.4, 0.5) is 5.82 Å². The van der Waals surface area contributed by atoms with E-state index in [4.69, 9.17) is 5.73 Å². The molecule has 6 nitrogen and oxygen atoms in total. The first-order valence-electron chi connectivity index (χ1n) is 5.92. The van der Waals surface area contributed by atoms with Crippen LogP contribution >= 0.6 is 0 Å². The Morgan fingerprint density at radius 3 is 3.12 bits per heavy atom.